The van der Waals surface area contributed by atoms with Gasteiger partial charge in [0.05, 0.1) is 11.3 Å². The van der Waals surface area contributed by atoms with Gasteiger partial charge in [0.15, 0.2) is 0 Å². The normalized spacial score (nSPS) is 15.3. The van der Waals surface area contributed by atoms with Crippen molar-refractivity contribution in [3.05, 3.63) is 93.0 Å². The molecule has 162 valence electrons. The lowest BCUT2D eigenvalue weighted by atomic mass is 9.90. The Morgan fingerprint density at radius 3 is 2.72 bits per heavy atom. The third-order valence-corrected chi connectivity index (χ3v) is 5.85. The quantitative estimate of drug-likeness (QED) is 0.462. The third-order valence-electron chi connectivity index (χ3n) is 5.60. The molecule has 0 spiro atoms. The maximum Gasteiger partial charge on any atom is 0.508 e. The number of pyridine rings is 1. The van der Waals surface area contributed by atoms with Gasteiger partial charge < -0.3 is 14.5 Å². The number of aryl methyl sites for hydroxylation is 1. The Balaban J connectivity index is 1.35. The number of hydrogen-bond acceptors (Lipinski definition) is 5. The van der Waals surface area contributed by atoms with Gasteiger partial charge in [0.25, 0.3) is 5.56 Å². The number of aromatic nitrogens is 3. The van der Waals surface area contributed by atoms with Crippen molar-refractivity contribution < 1.29 is 14.3 Å². The first kappa shape index (κ1) is 20.3. The lowest BCUT2D eigenvalue weighted by Gasteiger charge is -2.25. The molecule has 0 saturated carbocycles. The molecular weight excluding hydrogens is 430 g/mol. The molecule has 1 aliphatic carbocycles. The second-order valence-electron chi connectivity index (χ2n) is 7.71. The van der Waals surface area contributed by atoms with Crippen LogP contribution in [0, 0.1) is 0 Å². The van der Waals surface area contributed by atoms with Gasteiger partial charge >= 0.3 is 6.16 Å². The molecule has 0 fully saturated rings. The lowest BCUT2D eigenvalue weighted by molar-refractivity contribution is 0.0147. The summed E-state index contributed by atoms with van der Waals surface area (Å²) >= 11 is 5.96. The van der Waals surface area contributed by atoms with E-state index in [1.165, 1.54) is 4.68 Å². The predicted molar refractivity (Wildman–Crippen MR) is 119 cm³/mol. The van der Waals surface area contributed by atoms with Crippen molar-refractivity contribution in [3.63, 3.8) is 0 Å². The summed E-state index contributed by atoms with van der Waals surface area (Å²) in [7, 11) is 0. The van der Waals surface area contributed by atoms with Gasteiger partial charge in [0, 0.05) is 28.9 Å². The first-order chi connectivity index (χ1) is 15.6. The van der Waals surface area contributed by atoms with Crippen molar-refractivity contribution in [2.24, 2.45) is 0 Å². The number of nitrogens with zero attached hydrogens (tertiary/aromatic N) is 2. The van der Waals surface area contributed by atoms with E-state index in [-0.39, 0.29) is 18.3 Å². The van der Waals surface area contributed by atoms with E-state index in [0.29, 0.717) is 41.2 Å². The molecule has 2 heterocycles. The van der Waals surface area contributed by atoms with Crippen LogP contribution in [0.3, 0.4) is 0 Å². The Kier molecular flexibility index (Phi) is 5.41. The molecule has 1 atom stereocenters. The van der Waals surface area contributed by atoms with Gasteiger partial charge in [0.1, 0.15) is 18.4 Å². The van der Waals surface area contributed by atoms with Crippen molar-refractivity contribution in [1.82, 2.24) is 14.8 Å². The van der Waals surface area contributed by atoms with Crippen molar-refractivity contribution in [2.75, 3.05) is 0 Å². The summed E-state index contributed by atoms with van der Waals surface area (Å²) in [5.74, 6) is 0. The molecule has 0 bridgehead atoms. The van der Waals surface area contributed by atoms with Gasteiger partial charge in [-0.05, 0) is 42.7 Å². The molecule has 2 aromatic rings. The number of carbonyl (C=O) groups is 1. The van der Waals surface area contributed by atoms with Crippen LogP contribution in [-0.2, 0) is 28.9 Å². The van der Waals surface area contributed by atoms with Crippen molar-refractivity contribution in [2.45, 2.75) is 32.0 Å². The fraction of sp³-hybridized carbons (Fsp3) is 0.208. The molecular formula is C24H20ClN3O4. The monoisotopic (exact) mass is 449 g/mol. The molecule has 32 heavy (non-hydrogen) atoms. The number of ether oxygens (including phenoxy) is 2. The number of hydrogen-bond donors (Lipinski definition) is 1. The van der Waals surface area contributed by atoms with Gasteiger partial charge in [-0.25, -0.2) is 4.79 Å². The minimum Gasteiger partial charge on any atom is -0.431 e. The first-order valence-electron chi connectivity index (χ1n) is 10.3. The lowest BCUT2D eigenvalue weighted by Crippen LogP contribution is -2.27. The summed E-state index contributed by atoms with van der Waals surface area (Å²) in [4.78, 5) is 28.3. The Bertz CT molecular complexity index is 1280. The van der Waals surface area contributed by atoms with Gasteiger partial charge in [-0.15, -0.1) is 0 Å². The topological polar surface area (TPSA) is 86.2 Å². The second kappa shape index (κ2) is 8.51. The standard InChI is InChI=1S/C24H20ClN3O4/c25-16-6-8-17(9-7-16)28-23(29)20-13-26-21-11-10-18(12-19(21)22(20)27-28)32-24(30)31-14-15-4-2-1-3-5-15/h1-9,13,18,26H,10-12,14H2. The second-order valence-corrected chi connectivity index (χ2v) is 8.14. The minimum absolute atomic E-state index is 0.159. The summed E-state index contributed by atoms with van der Waals surface area (Å²) in [6.45, 7) is 0.159. The van der Waals surface area contributed by atoms with E-state index in [0.717, 1.165) is 16.8 Å². The van der Waals surface area contributed by atoms with E-state index in [1.807, 2.05) is 30.3 Å². The van der Waals surface area contributed by atoms with E-state index in [2.05, 4.69) is 10.1 Å². The van der Waals surface area contributed by atoms with Crippen molar-refractivity contribution in [3.8, 4) is 16.9 Å². The highest BCUT2D eigenvalue weighted by Crippen LogP contribution is 2.30. The summed E-state index contributed by atoms with van der Waals surface area (Å²) < 4.78 is 12.2. The molecule has 1 unspecified atom stereocenters. The van der Waals surface area contributed by atoms with Crippen LogP contribution in [0.1, 0.15) is 23.2 Å². The zero-order valence-electron chi connectivity index (χ0n) is 17.1. The average molecular weight is 450 g/mol. The van der Waals surface area contributed by atoms with Gasteiger partial charge in [-0.3, -0.25) is 4.79 Å². The van der Waals surface area contributed by atoms with Crippen LogP contribution in [0.5, 0.6) is 0 Å². The summed E-state index contributed by atoms with van der Waals surface area (Å²) in [5, 5.41) is 5.17. The zero-order valence-corrected chi connectivity index (χ0v) is 17.8. The Morgan fingerprint density at radius 1 is 1.16 bits per heavy atom. The highest BCUT2D eigenvalue weighted by atomic mass is 35.5. The Hall–Kier alpha value is -3.58. The number of halogens is 1. The fourth-order valence-corrected chi connectivity index (χ4v) is 4.11. The molecule has 1 N–H and O–H groups in total. The number of aromatic amines is 1. The highest BCUT2D eigenvalue weighted by molar-refractivity contribution is 6.30. The summed E-state index contributed by atoms with van der Waals surface area (Å²) in [6.07, 6.45) is 2.46. The highest BCUT2D eigenvalue weighted by Gasteiger charge is 2.29. The van der Waals surface area contributed by atoms with Crippen LogP contribution in [0.25, 0.3) is 16.9 Å². The maximum atomic E-state index is 12.9. The zero-order chi connectivity index (χ0) is 22.1. The average Bonchev–Trinajstić information content (AvgIpc) is 3.16. The van der Waals surface area contributed by atoms with Crippen LogP contribution in [0.4, 0.5) is 4.79 Å². The van der Waals surface area contributed by atoms with Crippen molar-refractivity contribution in [1.29, 1.82) is 0 Å². The van der Waals surface area contributed by atoms with Gasteiger partial charge in [-0.1, -0.05) is 41.9 Å². The molecule has 0 saturated heterocycles. The first-order valence-corrected chi connectivity index (χ1v) is 10.7. The summed E-state index contributed by atoms with van der Waals surface area (Å²) in [5.41, 5.74) is 4.31. The van der Waals surface area contributed by atoms with E-state index in [4.69, 9.17) is 21.1 Å². The van der Waals surface area contributed by atoms with Crippen LogP contribution >= 0.6 is 11.6 Å². The molecule has 8 heteroatoms. The molecule has 0 radical (unpaired) electrons. The minimum atomic E-state index is -0.699. The number of benzene rings is 2. The largest absolute Gasteiger partial charge is 0.508 e. The third kappa shape index (κ3) is 3.99. The number of rotatable bonds is 4. The fourth-order valence-electron chi connectivity index (χ4n) is 3.98. The molecule has 2 aromatic carbocycles. The predicted octanol–water partition coefficient (Wildman–Crippen LogP) is 4.53. The smallest absolute Gasteiger partial charge is 0.431 e. The van der Waals surface area contributed by atoms with Crippen LogP contribution in [-0.4, -0.2) is 27.0 Å². The van der Waals surface area contributed by atoms with Crippen LogP contribution in [0.2, 0.25) is 5.02 Å². The molecule has 5 rings (SSSR count). The van der Waals surface area contributed by atoms with E-state index in [9.17, 15) is 9.59 Å². The maximum absolute atomic E-state index is 12.9. The SMILES string of the molecule is O=C(OCc1ccccc1)OC1CCc2[nH]cc3c(=O)n(-c4ccc(Cl)cc4)nc-3c2C1. The van der Waals surface area contributed by atoms with E-state index < -0.39 is 6.16 Å². The molecule has 7 nitrogen and oxygen atoms in total. The number of carbonyl (C=O) groups excluding carboxylic acids is 1. The molecule has 2 aliphatic heterocycles. The molecule has 3 aliphatic rings. The Labute approximate surface area is 188 Å². The molecule has 0 aromatic heterocycles. The summed E-state index contributed by atoms with van der Waals surface area (Å²) in [6, 6.07) is 16.4. The van der Waals surface area contributed by atoms with E-state index >= 15 is 0 Å². The van der Waals surface area contributed by atoms with E-state index in [1.54, 1.807) is 30.5 Å². The number of nitrogens with one attached hydrogen (secondary N) is 1. The Morgan fingerprint density at radius 2 is 1.94 bits per heavy atom. The van der Waals surface area contributed by atoms with Crippen LogP contribution in [0.15, 0.2) is 65.6 Å². The number of fused-ring (bicyclic) bond motifs is 3. The van der Waals surface area contributed by atoms with Crippen molar-refractivity contribution >= 4 is 17.8 Å². The molecule has 0 amide bonds. The van der Waals surface area contributed by atoms with Gasteiger partial charge in [0.2, 0.25) is 0 Å². The number of H-pyrrole nitrogens is 1. The van der Waals surface area contributed by atoms with Gasteiger partial charge in [-0.2, -0.15) is 9.78 Å². The van der Waals surface area contributed by atoms with Crippen LogP contribution < -0.4 is 5.56 Å².